The molecule has 3 heterocycles. The molecule has 1 saturated carbocycles. The van der Waals surface area contributed by atoms with Gasteiger partial charge in [-0.3, -0.25) is 19.3 Å². The molecule has 3 aromatic rings. The van der Waals surface area contributed by atoms with E-state index in [1.165, 1.54) is 12.3 Å². The summed E-state index contributed by atoms with van der Waals surface area (Å²) in [7, 11) is 1.81. The summed E-state index contributed by atoms with van der Waals surface area (Å²) in [5.41, 5.74) is 3.27. The Morgan fingerprint density at radius 2 is 2.05 bits per heavy atom. The van der Waals surface area contributed by atoms with E-state index in [1.54, 1.807) is 10.7 Å². The van der Waals surface area contributed by atoms with Crippen LogP contribution in [0.5, 0.6) is 0 Å². The molecule has 1 N–H and O–H groups in total. The Labute approximate surface area is 232 Å². The molecule has 5 rings (SSSR count). The van der Waals surface area contributed by atoms with Gasteiger partial charge in [-0.25, -0.2) is 9.37 Å². The van der Waals surface area contributed by atoms with Gasteiger partial charge in [0.1, 0.15) is 17.1 Å². The molecule has 2 atom stereocenters. The summed E-state index contributed by atoms with van der Waals surface area (Å²) in [6, 6.07) is 5.00. The van der Waals surface area contributed by atoms with E-state index >= 15 is 4.39 Å². The Kier molecular flexibility index (Phi) is 7.93. The fourth-order valence-electron chi connectivity index (χ4n) is 5.91. The Balaban J connectivity index is 1.30. The summed E-state index contributed by atoms with van der Waals surface area (Å²) in [6.45, 7) is 4.09. The van der Waals surface area contributed by atoms with Gasteiger partial charge in [-0.15, -0.1) is 0 Å². The molecule has 0 saturated heterocycles. The Morgan fingerprint density at radius 3 is 2.79 bits per heavy atom. The molecule has 1 aliphatic carbocycles. The van der Waals surface area contributed by atoms with Gasteiger partial charge in [-0.05, 0) is 54.9 Å². The van der Waals surface area contributed by atoms with E-state index in [9.17, 15) is 9.59 Å². The van der Waals surface area contributed by atoms with E-state index in [1.807, 2.05) is 39.3 Å². The molecule has 1 aromatic carbocycles. The molecule has 204 valence electrons. The summed E-state index contributed by atoms with van der Waals surface area (Å²) in [6.07, 6.45) is 10.2. The van der Waals surface area contributed by atoms with Crippen LogP contribution in [0.1, 0.15) is 70.4 Å². The fourth-order valence-corrected chi connectivity index (χ4v) is 6.12. The van der Waals surface area contributed by atoms with Crippen molar-refractivity contribution in [2.45, 2.75) is 64.7 Å². The standard InChI is InChI=1S/C30H33ClFN5O2/c1-17(2)29-24-12-20(13-26(32)28(24)36-37(29)3)23-15-27(34-16-25(23)31)35-30(39)19-7-4-6-18(10-19)11-22(38)14-21-8-5-9-33-21/h8-9,12-13,15-19H,4-7,10-11,14H2,1-3H3,(H,34,35,39)/t18-,19+/m1/s1. The average molecular weight is 550 g/mol. The van der Waals surface area contributed by atoms with Gasteiger partial charge in [0, 0.05) is 67.0 Å². The zero-order valence-electron chi connectivity index (χ0n) is 22.5. The minimum atomic E-state index is -0.428. The number of nitrogens with zero attached hydrogens (tertiary/aromatic N) is 4. The maximum Gasteiger partial charge on any atom is 0.228 e. The molecule has 0 bridgehead atoms. The summed E-state index contributed by atoms with van der Waals surface area (Å²) in [5.74, 6) is 0.132. The van der Waals surface area contributed by atoms with Crippen LogP contribution in [0.3, 0.4) is 0 Å². The number of aryl methyl sites for hydroxylation is 1. The summed E-state index contributed by atoms with van der Waals surface area (Å²) in [4.78, 5) is 34.3. The first-order valence-corrected chi connectivity index (χ1v) is 13.9. The van der Waals surface area contributed by atoms with Crippen LogP contribution in [0.2, 0.25) is 5.02 Å². The molecule has 39 heavy (non-hydrogen) atoms. The maximum atomic E-state index is 15.1. The lowest BCUT2D eigenvalue weighted by Gasteiger charge is -2.28. The third-order valence-electron chi connectivity index (χ3n) is 7.67. The number of carbonyl (C=O) groups is 2. The van der Waals surface area contributed by atoms with Crippen molar-refractivity contribution >= 4 is 46.2 Å². The number of Topliss-reactive ketones (excluding diaryl/α,β-unsaturated/α-hetero) is 1. The van der Waals surface area contributed by atoms with Gasteiger partial charge in [0.25, 0.3) is 0 Å². The number of allylic oxidation sites excluding steroid dienone is 2. The Morgan fingerprint density at radius 1 is 1.23 bits per heavy atom. The van der Waals surface area contributed by atoms with Crippen molar-refractivity contribution in [3.63, 3.8) is 0 Å². The Bertz CT molecular complexity index is 1490. The van der Waals surface area contributed by atoms with E-state index in [4.69, 9.17) is 11.6 Å². The Hall–Kier alpha value is -3.39. The second-order valence-electron chi connectivity index (χ2n) is 10.9. The largest absolute Gasteiger partial charge is 0.310 e. The number of amides is 1. The number of nitrogens with one attached hydrogen (secondary N) is 1. The molecule has 0 radical (unpaired) electrons. The third-order valence-corrected chi connectivity index (χ3v) is 7.97. The van der Waals surface area contributed by atoms with Crippen LogP contribution in [0.15, 0.2) is 41.2 Å². The highest BCUT2D eigenvalue weighted by Crippen LogP contribution is 2.36. The number of hydrogen-bond donors (Lipinski definition) is 1. The summed E-state index contributed by atoms with van der Waals surface area (Å²) >= 11 is 6.49. The number of aliphatic imine (C=N–C) groups is 1. The second kappa shape index (κ2) is 11.4. The van der Waals surface area contributed by atoms with Gasteiger partial charge in [-0.1, -0.05) is 37.9 Å². The van der Waals surface area contributed by atoms with E-state index in [-0.39, 0.29) is 29.4 Å². The number of ketones is 1. The molecule has 9 heteroatoms. The summed E-state index contributed by atoms with van der Waals surface area (Å²) in [5, 5.41) is 8.39. The molecule has 0 spiro atoms. The first-order chi connectivity index (χ1) is 18.7. The molecular weight excluding hydrogens is 517 g/mol. The lowest BCUT2D eigenvalue weighted by molar-refractivity contribution is -0.123. The zero-order valence-corrected chi connectivity index (χ0v) is 23.3. The minimum absolute atomic E-state index is 0.119. The molecule has 2 aromatic heterocycles. The monoisotopic (exact) mass is 549 g/mol. The van der Waals surface area contributed by atoms with Crippen LogP contribution in [0.4, 0.5) is 10.2 Å². The molecule has 7 nitrogen and oxygen atoms in total. The number of rotatable bonds is 8. The number of hydrogen-bond acceptors (Lipinski definition) is 5. The normalized spacial score (nSPS) is 19.1. The topological polar surface area (TPSA) is 89.2 Å². The highest BCUT2D eigenvalue weighted by molar-refractivity contribution is 6.33. The van der Waals surface area contributed by atoms with Crippen molar-refractivity contribution < 1.29 is 14.0 Å². The van der Waals surface area contributed by atoms with E-state index in [0.717, 1.165) is 42.5 Å². The number of benzene rings is 1. The van der Waals surface area contributed by atoms with Crippen molar-refractivity contribution in [1.29, 1.82) is 0 Å². The molecule has 1 fully saturated rings. The van der Waals surface area contributed by atoms with Crippen molar-refractivity contribution in [2.75, 3.05) is 5.32 Å². The quantitative estimate of drug-likeness (QED) is 0.327. The number of carbonyl (C=O) groups excluding carboxylic acids is 2. The molecule has 1 amide bonds. The van der Waals surface area contributed by atoms with E-state index in [2.05, 4.69) is 20.4 Å². The lowest BCUT2D eigenvalue weighted by Crippen LogP contribution is -2.29. The van der Waals surface area contributed by atoms with Crippen LogP contribution >= 0.6 is 11.6 Å². The number of halogens is 2. The van der Waals surface area contributed by atoms with Gasteiger partial charge in [0.2, 0.25) is 5.91 Å². The van der Waals surface area contributed by atoms with Gasteiger partial charge >= 0.3 is 0 Å². The van der Waals surface area contributed by atoms with Crippen LogP contribution in [0, 0.1) is 17.7 Å². The summed E-state index contributed by atoms with van der Waals surface area (Å²) < 4.78 is 16.8. The van der Waals surface area contributed by atoms with E-state index in [0.29, 0.717) is 46.7 Å². The second-order valence-corrected chi connectivity index (χ2v) is 11.4. The van der Waals surface area contributed by atoms with E-state index < -0.39 is 5.82 Å². The van der Waals surface area contributed by atoms with Crippen LogP contribution in [-0.4, -0.2) is 32.7 Å². The first-order valence-electron chi connectivity index (χ1n) is 13.6. The van der Waals surface area contributed by atoms with Crippen molar-refractivity contribution in [3.8, 4) is 11.1 Å². The highest BCUT2D eigenvalue weighted by atomic mass is 35.5. The zero-order chi connectivity index (χ0) is 27.7. The molecular formula is C30H33ClFN5O2. The molecule has 0 unspecified atom stereocenters. The van der Waals surface area contributed by atoms with Crippen molar-refractivity contribution in [1.82, 2.24) is 14.8 Å². The number of pyridine rings is 1. The van der Waals surface area contributed by atoms with Gasteiger partial charge in [0.05, 0.1) is 5.02 Å². The number of anilines is 1. The molecule has 1 aliphatic heterocycles. The van der Waals surface area contributed by atoms with Gasteiger partial charge < -0.3 is 5.32 Å². The predicted octanol–water partition coefficient (Wildman–Crippen LogP) is 7.00. The highest BCUT2D eigenvalue weighted by Gasteiger charge is 2.29. The molecule has 2 aliphatic rings. The predicted molar refractivity (Wildman–Crippen MR) is 153 cm³/mol. The van der Waals surface area contributed by atoms with Crippen LogP contribution in [-0.2, 0) is 16.6 Å². The van der Waals surface area contributed by atoms with Crippen molar-refractivity contribution in [3.05, 3.63) is 52.7 Å². The minimum Gasteiger partial charge on any atom is -0.310 e. The average Bonchev–Trinajstić information content (AvgIpc) is 3.52. The number of fused-ring (bicyclic) bond motifs is 1. The third kappa shape index (κ3) is 5.96. The maximum absolute atomic E-state index is 15.1. The number of aromatic nitrogens is 3. The van der Waals surface area contributed by atoms with Crippen LogP contribution < -0.4 is 5.32 Å². The smallest absolute Gasteiger partial charge is 0.228 e. The van der Waals surface area contributed by atoms with Gasteiger partial charge in [0.15, 0.2) is 5.82 Å². The van der Waals surface area contributed by atoms with Gasteiger partial charge in [-0.2, -0.15) is 5.10 Å². The van der Waals surface area contributed by atoms with Crippen molar-refractivity contribution in [2.24, 2.45) is 23.9 Å². The fraction of sp³-hybridized carbons (Fsp3) is 0.433. The lowest BCUT2D eigenvalue weighted by atomic mass is 9.78. The van der Waals surface area contributed by atoms with Crippen LogP contribution in [0.25, 0.3) is 22.0 Å². The first kappa shape index (κ1) is 27.2. The SMILES string of the molecule is CC(C)c1c2cc(-c3cc(NC(=O)[C@H]4CCC[C@@H](CC(=O)CC5=CCC=N5)C4)ncc3Cl)cc(F)c2nn1C.